The van der Waals surface area contributed by atoms with Crippen LogP contribution in [0, 0.1) is 5.92 Å². The predicted octanol–water partition coefficient (Wildman–Crippen LogP) is 3.26. The average molecular weight is 226 g/mol. The van der Waals surface area contributed by atoms with Gasteiger partial charge in [-0.05, 0) is 42.7 Å². The van der Waals surface area contributed by atoms with E-state index < -0.39 is 0 Å². The molecule has 2 aromatic rings. The highest BCUT2D eigenvalue weighted by molar-refractivity contribution is 5.80. The van der Waals surface area contributed by atoms with Gasteiger partial charge in [0.2, 0.25) is 0 Å². The van der Waals surface area contributed by atoms with Crippen LogP contribution in [0.15, 0.2) is 36.5 Å². The molecule has 2 heteroatoms. The number of rotatable bonds is 1. The molecule has 1 aromatic heterocycles. The van der Waals surface area contributed by atoms with Gasteiger partial charge in [0, 0.05) is 24.8 Å². The van der Waals surface area contributed by atoms with Crippen LogP contribution in [0.4, 0.5) is 0 Å². The Hall–Kier alpha value is -1.28. The second kappa shape index (κ2) is 3.61. The van der Waals surface area contributed by atoms with E-state index in [1.54, 1.807) is 0 Å². The number of hydrogen-bond acceptors (Lipinski definition) is 1. The first-order valence-corrected chi connectivity index (χ1v) is 6.71. The molecular formula is C15H18N2. The maximum Gasteiger partial charge on any atom is 0.0867 e. The van der Waals surface area contributed by atoms with Crippen molar-refractivity contribution in [3.05, 3.63) is 36.5 Å². The molecule has 4 heterocycles. The maximum atomic E-state index is 2.66. The van der Waals surface area contributed by atoms with E-state index in [1.165, 1.54) is 43.3 Å². The molecule has 3 aliphatic rings. The zero-order valence-electron chi connectivity index (χ0n) is 10.0. The monoisotopic (exact) mass is 226 g/mol. The first-order chi connectivity index (χ1) is 8.42. The Balaban J connectivity index is 1.79. The minimum atomic E-state index is 0.613. The molecule has 1 atom stereocenters. The Kier molecular flexibility index (Phi) is 2.06. The van der Waals surface area contributed by atoms with Crippen LogP contribution in [0.1, 0.15) is 25.4 Å². The van der Waals surface area contributed by atoms with Crippen LogP contribution in [-0.4, -0.2) is 22.6 Å². The molecule has 17 heavy (non-hydrogen) atoms. The molecule has 88 valence electrons. The second-order valence-electron chi connectivity index (χ2n) is 5.48. The van der Waals surface area contributed by atoms with E-state index in [2.05, 4.69) is 46.0 Å². The molecule has 2 bridgehead atoms. The molecule has 3 saturated heterocycles. The van der Waals surface area contributed by atoms with E-state index in [4.69, 9.17) is 0 Å². The van der Waals surface area contributed by atoms with E-state index in [0.717, 1.165) is 5.92 Å². The third-order valence-corrected chi connectivity index (χ3v) is 4.57. The van der Waals surface area contributed by atoms with Crippen LogP contribution >= 0.6 is 0 Å². The highest BCUT2D eigenvalue weighted by atomic mass is 15.3. The normalized spacial score (nSPS) is 32.1. The lowest BCUT2D eigenvalue weighted by molar-refractivity contribution is 0.0123. The fourth-order valence-corrected chi connectivity index (χ4v) is 3.59. The molecular weight excluding hydrogens is 208 g/mol. The number of para-hydroxylation sites is 1. The molecule has 5 rings (SSSR count). The van der Waals surface area contributed by atoms with Crippen molar-refractivity contribution in [2.24, 2.45) is 5.92 Å². The van der Waals surface area contributed by atoms with Crippen LogP contribution in [0.2, 0.25) is 0 Å². The molecule has 0 radical (unpaired) electrons. The van der Waals surface area contributed by atoms with Gasteiger partial charge in [0.15, 0.2) is 0 Å². The van der Waals surface area contributed by atoms with Crippen molar-refractivity contribution in [1.82, 2.24) is 9.47 Å². The molecule has 0 saturated carbocycles. The fraction of sp³-hybridized carbons (Fsp3) is 0.467. The van der Waals surface area contributed by atoms with Gasteiger partial charge >= 0.3 is 0 Å². The van der Waals surface area contributed by atoms with Gasteiger partial charge in [-0.3, -0.25) is 4.90 Å². The van der Waals surface area contributed by atoms with Crippen molar-refractivity contribution in [2.75, 3.05) is 13.1 Å². The highest BCUT2D eigenvalue weighted by Crippen LogP contribution is 2.38. The first-order valence-electron chi connectivity index (χ1n) is 6.71. The van der Waals surface area contributed by atoms with Gasteiger partial charge in [-0.2, -0.15) is 0 Å². The minimum Gasteiger partial charge on any atom is -0.331 e. The van der Waals surface area contributed by atoms with E-state index in [1.807, 2.05) is 0 Å². The van der Waals surface area contributed by atoms with E-state index in [0.29, 0.717) is 6.17 Å². The van der Waals surface area contributed by atoms with Crippen molar-refractivity contribution in [3.63, 3.8) is 0 Å². The average Bonchev–Trinajstić information content (AvgIpc) is 2.84. The van der Waals surface area contributed by atoms with Crippen molar-refractivity contribution in [1.29, 1.82) is 0 Å². The third kappa shape index (κ3) is 1.44. The summed E-state index contributed by atoms with van der Waals surface area (Å²) in [5, 5.41) is 1.37. The largest absolute Gasteiger partial charge is 0.331 e. The Labute approximate surface area is 102 Å². The van der Waals surface area contributed by atoms with Crippen LogP contribution in [-0.2, 0) is 0 Å². The summed E-state index contributed by atoms with van der Waals surface area (Å²) in [6.07, 6.45) is 7.06. The van der Waals surface area contributed by atoms with Crippen molar-refractivity contribution in [2.45, 2.75) is 25.4 Å². The van der Waals surface area contributed by atoms with Crippen LogP contribution in [0.3, 0.4) is 0 Å². The quantitative estimate of drug-likeness (QED) is 0.724. The molecule has 3 aliphatic heterocycles. The van der Waals surface area contributed by atoms with Gasteiger partial charge in [0.1, 0.15) is 0 Å². The van der Waals surface area contributed by atoms with Crippen LogP contribution < -0.4 is 0 Å². The minimum absolute atomic E-state index is 0.613. The fourth-order valence-electron chi connectivity index (χ4n) is 3.59. The zero-order valence-corrected chi connectivity index (χ0v) is 10.0. The number of nitrogens with zero attached hydrogens (tertiary/aromatic N) is 2. The molecule has 1 unspecified atom stereocenters. The summed E-state index contributed by atoms with van der Waals surface area (Å²) in [6, 6.07) is 11.0. The van der Waals surface area contributed by atoms with Gasteiger partial charge in [-0.25, -0.2) is 0 Å². The van der Waals surface area contributed by atoms with Gasteiger partial charge in [0.25, 0.3) is 0 Å². The van der Waals surface area contributed by atoms with Gasteiger partial charge in [0.05, 0.1) is 6.17 Å². The number of benzene rings is 1. The summed E-state index contributed by atoms with van der Waals surface area (Å²) in [7, 11) is 0. The standard InChI is InChI=1S/C15H18N2/c1-2-4-14-13(3-1)7-10-17(14)15-11-12-5-8-16(15)9-6-12/h1-4,7,10,12,15H,5-6,8-9,11H2. The summed E-state index contributed by atoms with van der Waals surface area (Å²) in [5.41, 5.74) is 1.39. The Bertz CT molecular complexity index is 535. The summed E-state index contributed by atoms with van der Waals surface area (Å²) in [4.78, 5) is 2.66. The van der Waals surface area contributed by atoms with Crippen molar-refractivity contribution >= 4 is 10.9 Å². The molecule has 0 aliphatic carbocycles. The van der Waals surface area contributed by atoms with E-state index in [-0.39, 0.29) is 0 Å². The number of fused-ring (bicyclic) bond motifs is 4. The van der Waals surface area contributed by atoms with E-state index >= 15 is 0 Å². The lowest BCUT2D eigenvalue weighted by Crippen LogP contribution is -2.45. The smallest absolute Gasteiger partial charge is 0.0867 e. The van der Waals surface area contributed by atoms with Gasteiger partial charge < -0.3 is 4.57 Å². The number of aromatic nitrogens is 1. The molecule has 1 aromatic carbocycles. The molecule has 0 amide bonds. The second-order valence-corrected chi connectivity index (χ2v) is 5.48. The summed E-state index contributed by atoms with van der Waals surface area (Å²) in [6.45, 7) is 2.59. The lowest BCUT2D eigenvalue weighted by atomic mass is 9.86. The van der Waals surface area contributed by atoms with Crippen molar-refractivity contribution in [3.8, 4) is 0 Å². The SMILES string of the molecule is c1ccc2c(c1)ccn2C1CC2CCN1CC2. The topological polar surface area (TPSA) is 8.17 Å². The summed E-state index contributed by atoms with van der Waals surface area (Å²) < 4.78 is 2.49. The van der Waals surface area contributed by atoms with E-state index in [9.17, 15) is 0 Å². The number of piperidine rings is 3. The third-order valence-electron chi connectivity index (χ3n) is 4.57. The van der Waals surface area contributed by atoms with Crippen LogP contribution in [0.5, 0.6) is 0 Å². The molecule has 0 N–H and O–H groups in total. The van der Waals surface area contributed by atoms with Gasteiger partial charge in [-0.15, -0.1) is 0 Å². The highest BCUT2D eigenvalue weighted by Gasteiger charge is 2.34. The summed E-state index contributed by atoms with van der Waals surface area (Å²) >= 11 is 0. The molecule has 3 fully saturated rings. The first kappa shape index (κ1) is 9.72. The van der Waals surface area contributed by atoms with Crippen LogP contribution in [0.25, 0.3) is 10.9 Å². The Morgan fingerprint density at radius 2 is 1.82 bits per heavy atom. The molecule has 0 spiro atoms. The number of hydrogen-bond donors (Lipinski definition) is 0. The zero-order chi connectivity index (χ0) is 11.2. The lowest BCUT2D eigenvalue weighted by Gasteiger charge is -2.46. The summed E-state index contributed by atoms with van der Waals surface area (Å²) in [5.74, 6) is 0.964. The predicted molar refractivity (Wildman–Crippen MR) is 69.9 cm³/mol. The molecule has 2 nitrogen and oxygen atoms in total. The van der Waals surface area contributed by atoms with Gasteiger partial charge in [-0.1, -0.05) is 18.2 Å². The Morgan fingerprint density at radius 3 is 2.59 bits per heavy atom. The maximum absolute atomic E-state index is 2.66. The Morgan fingerprint density at radius 1 is 1.00 bits per heavy atom. The van der Waals surface area contributed by atoms with Crippen molar-refractivity contribution < 1.29 is 0 Å².